The topological polar surface area (TPSA) is 50.5 Å². The van der Waals surface area contributed by atoms with Crippen molar-refractivity contribution in [2.45, 2.75) is 37.3 Å². The van der Waals surface area contributed by atoms with E-state index in [1.54, 1.807) is 11.3 Å². The van der Waals surface area contributed by atoms with Gasteiger partial charge >= 0.3 is 0 Å². The van der Waals surface area contributed by atoms with Crippen LogP contribution in [0.5, 0.6) is 0 Å². The van der Waals surface area contributed by atoms with Gasteiger partial charge in [-0.3, -0.25) is 16.2 Å². The van der Waals surface area contributed by atoms with Gasteiger partial charge in [0.2, 0.25) is 0 Å². The average molecular weight is 360 g/mol. The zero-order valence-electron chi connectivity index (χ0n) is 11.6. The van der Waals surface area contributed by atoms with E-state index >= 15 is 0 Å². The Balaban J connectivity index is 1.93. The molecular formula is C14H22BrN3OS. The molecule has 1 unspecified atom stereocenters. The van der Waals surface area contributed by atoms with E-state index in [4.69, 9.17) is 10.6 Å². The standard InChI is InChI=1S/C14H22BrN3OS/c15-12-10-20-9-11(12)13(17-16)14(3-1-2-4-14)18-5-7-19-8-6-18/h9-10,13,17H,1-8,16H2. The molecule has 4 nitrogen and oxygen atoms in total. The summed E-state index contributed by atoms with van der Waals surface area (Å²) in [5.41, 5.74) is 4.56. The van der Waals surface area contributed by atoms with Crippen LogP contribution in [-0.4, -0.2) is 36.7 Å². The molecule has 3 N–H and O–H groups in total. The monoisotopic (exact) mass is 359 g/mol. The summed E-state index contributed by atoms with van der Waals surface area (Å²) >= 11 is 5.40. The van der Waals surface area contributed by atoms with Gasteiger partial charge in [-0.1, -0.05) is 12.8 Å². The second-order valence-electron chi connectivity index (χ2n) is 5.68. The second kappa shape index (κ2) is 6.42. The zero-order valence-corrected chi connectivity index (χ0v) is 14.0. The first kappa shape index (κ1) is 14.9. The van der Waals surface area contributed by atoms with Crippen molar-refractivity contribution in [2.24, 2.45) is 5.84 Å². The van der Waals surface area contributed by atoms with Crippen LogP contribution in [0.15, 0.2) is 15.2 Å². The van der Waals surface area contributed by atoms with E-state index in [9.17, 15) is 0 Å². The van der Waals surface area contributed by atoms with Crippen molar-refractivity contribution in [3.05, 3.63) is 20.8 Å². The minimum atomic E-state index is 0.141. The first-order valence-electron chi connectivity index (χ1n) is 7.28. The normalized spacial score (nSPS) is 24.9. The molecule has 1 saturated carbocycles. The lowest BCUT2D eigenvalue weighted by Gasteiger charge is -2.48. The number of halogens is 1. The van der Waals surface area contributed by atoms with E-state index in [0.29, 0.717) is 0 Å². The lowest BCUT2D eigenvalue weighted by atomic mass is 9.83. The maximum absolute atomic E-state index is 5.98. The van der Waals surface area contributed by atoms with Crippen molar-refractivity contribution in [2.75, 3.05) is 26.3 Å². The number of hydrogen-bond donors (Lipinski definition) is 2. The van der Waals surface area contributed by atoms with E-state index in [2.05, 4.69) is 37.0 Å². The number of rotatable bonds is 4. The molecule has 1 aromatic heterocycles. The van der Waals surface area contributed by atoms with Crippen LogP contribution in [0.2, 0.25) is 0 Å². The van der Waals surface area contributed by atoms with Crippen LogP contribution in [-0.2, 0) is 4.74 Å². The third kappa shape index (κ3) is 2.58. The fourth-order valence-corrected chi connectivity index (χ4v) is 5.37. The highest BCUT2D eigenvalue weighted by Crippen LogP contribution is 2.46. The maximum Gasteiger partial charge on any atom is 0.0663 e. The van der Waals surface area contributed by atoms with Gasteiger partial charge in [-0.15, -0.1) is 0 Å². The summed E-state index contributed by atoms with van der Waals surface area (Å²) in [6.07, 6.45) is 5.00. The third-order valence-corrected chi connectivity index (χ3v) is 6.52. The Morgan fingerprint density at radius 2 is 2.00 bits per heavy atom. The molecule has 1 saturated heterocycles. The Morgan fingerprint density at radius 1 is 1.30 bits per heavy atom. The van der Waals surface area contributed by atoms with Crippen LogP contribution >= 0.6 is 27.3 Å². The molecule has 1 aliphatic heterocycles. The molecule has 0 bridgehead atoms. The van der Waals surface area contributed by atoms with Crippen molar-refractivity contribution < 1.29 is 4.74 Å². The molecule has 0 spiro atoms. The Morgan fingerprint density at radius 3 is 2.55 bits per heavy atom. The molecule has 0 aromatic carbocycles. The van der Waals surface area contributed by atoms with Gasteiger partial charge in [0.1, 0.15) is 0 Å². The molecule has 1 atom stereocenters. The number of nitrogens with zero attached hydrogens (tertiary/aromatic N) is 1. The number of nitrogens with one attached hydrogen (secondary N) is 1. The third-order valence-electron chi connectivity index (χ3n) is 4.77. The van der Waals surface area contributed by atoms with Crippen molar-refractivity contribution >= 4 is 27.3 Å². The number of thiophene rings is 1. The highest BCUT2D eigenvalue weighted by atomic mass is 79.9. The van der Waals surface area contributed by atoms with E-state index < -0.39 is 0 Å². The first-order chi connectivity index (χ1) is 9.78. The quantitative estimate of drug-likeness (QED) is 0.640. The summed E-state index contributed by atoms with van der Waals surface area (Å²) in [6.45, 7) is 3.70. The van der Waals surface area contributed by atoms with Crippen LogP contribution in [0.25, 0.3) is 0 Å². The van der Waals surface area contributed by atoms with Gasteiger partial charge in [-0.2, -0.15) is 11.3 Å². The molecule has 1 aromatic rings. The Labute approximate surface area is 132 Å². The highest BCUT2D eigenvalue weighted by Gasteiger charge is 2.47. The summed E-state index contributed by atoms with van der Waals surface area (Å²) in [4.78, 5) is 2.61. The average Bonchev–Trinajstić information content (AvgIpc) is 3.12. The molecule has 3 rings (SSSR count). The fourth-order valence-electron chi connectivity index (χ4n) is 3.82. The molecule has 20 heavy (non-hydrogen) atoms. The summed E-state index contributed by atoms with van der Waals surface area (Å²) in [5.74, 6) is 5.98. The predicted molar refractivity (Wildman–Crippen MR) is 85.7 cm³/mol. The number of hydrogen-bond acceptors (Lipinski definition) is 5. The van der Waals surface area contributed by atoms with E-state index in [0.717, 1.165) is 26.3 Å². The minimum absolute atomic E-state index is 0.141. The molecule has 2 fully saturated rings. The van der Waals surface area contributed by atoms with E-state index in [1.807, 2.05) is 0 Å². The summed E-state index contributed by atoms with van der Waals surface area (Å²) in [7, 11) is 0. The largest absolute Gasteiger partial charge is 0.379 e. The molecule has 0 amide bonds. The minimum Gasteiger partial charge on any atom is -0.379 e. The molecule has 112 valence electrons. The van der Waals surface area contributed by atoms with Crippen molar-refractivity contribution in [1.82, 2.24) is 10.3 Å². The van der Waals surface area contributed by atoms with Crippen molar-refractivity contribution in [1.29, 1.82) is 0 Å². The molecule has 0 radical (unpaired) electrons. The van der Waals surface area contributed by atoms with Crippen LogP contribution in [0.4, 0.5) is 0 Å². The smallest absolute Gasteiger partial charge is 0.0663 e. The van der Waals surface area contributed by atoms with Crippen LogP contribution < -0.4 is 11.3 Å². The molecular weight excluding hydrogens is 338 g/mol. The van der Waals surface area contributed by atoms with Crippen molar-refractivity contribution in [3.63, 3.8) is 0 Å². The molecule has 2 aliphatic rings. The van der Waals surface area contributed by atoms with Gasteiger partial charge < -0.3 is 4.74 Å². The molecule has 1 aliphatic carbocycles. The van der Waals surface area contributed by atoms with Gasteiger partial charge in [0, 0.05) is 28.5 Å². The lowest BCUT2D eigenvalue weighted by molar-refractivity contribution is -0.0364. The number of ether oxygens (including phenoxy) is 1. The Hall–Kier alpha value is 0.0200. The fraction of sp³-hybridized carbons (Fsp3) is 0.714. The van der Waals surface area contributed by atoms with Gasteiger partial charge in [-0.25, -0.2) is 0 Å². The van der Waals surface area contributed by atoms with E-state index in [-0.39, 0.29) is 11.6 Å². The van der Waals surface area contributed by atoms with Crippen LogP contribution in [0.3, 0.4) is 0 Å². The lowest BCUT2D eigenvalue weighted by Crippen LogP contribution is -2.59. The van der Waals surface area contributed by atoms with E-state index in [1.165, 1.54) is 35.7 Å². The van der Waals surface area contributed by atoms with Crippen molar-refractivity contribution in [3.8, 4) is 0 Å². The number of hydrazine groups is 1. The predicted octanol–water partition coefficient (Wildman–Crippen LogP) is 2.66. The van der Waals surface area contributed by atoms with Crippen LogP contribution in [0.1, 0.15) is 37.3 Å². The number of nitrogens with two attached hydrogens (primary N) is 1. The summed E-state index contributed by atoms with van der Waals surface area (Å²) < 4.78 is 6.70. The summed E-state index contributed by atoms with van der Waals surface area (Å²) in [6, 6.07) is 0.184. The van der Waals surface area contributed by atoms with Gasteiger partial charge in [0.05, 0.1) is 19.3 Å². The number of morpholine rings is 1. The Bertz CT molecular complexity index is 441. The first-order valence-corrected chi connectivity index (χ1v) is 9.02. The molecule has 6 heteroatoms. The van der Waals surface area contributed by atoms with Gasteiger partial charge in [0.15, 0.2) is 0 Å². The van der Waals surface area contributed by atoms with Gasteiger partial charge in [-0.05, 0) is 39.7 Å². The summed E-state index contributed by atoms with van der Waals surface area (Å²) in [5, 5.41) is 4.36. The highest BCUT2D eigenvalue weighted by molar-refractivity contribution is 9.10. The zero-order chi connectivity index (χ0) is 14.0. The SMILES string of the molecule is NNC(c1cscc1Br)C1(N2CCOCC2)CCCC1. The second-order valence-corrected chi connectivity index (χ2v) is 7.28. The maximum atomic E-state index is 5.98. The molecule has 2 heterocycles. The van der Waals surface area contributed by atoms with Crippen LogP contribution in [0, 0.1) is 0 Å². The van der Waals surface area contributed by atoms with Gasteiger partial charge in [0.25, 0.3) is 0 Å². The Kier molecular flexibility index (Phi) is 4.79.